The summed E-state index contributed by atoms with van der Waals surface area (Å²) in [6.45, 7) is 0. The minimum absolute atomic E-state index is 0.504. The van der Waals surface area contributed by atoms with Crippen molar-refractivity contribution in [2.45, 2.75) is 51.0 Å². The molecule has 1 aromatic carbocycles. The number of nitrogen functional groups attached to an aromatic ring is 1. The number of hydrogen-bond donors (Lipinski definition) is 2. The Kier molecular flexibility index (Phi) is 4.26. The lowest BCUT2D eigenvalue weighted by atomic mass is 9.95. The van der Waals surface area contributed by atoms with E-state index in [9.17, 15) is 0 Å². The van der Waals surface area contributed by atoms with Crippen LogP contribution in [0.1, 0.15) is 49.3 Å². The summed E-state index contributed by atoms with van der Waals surface area (Å²) in [4.78, 5) is 13.1. The molecule has 6 heteroatoms. The van der Waals surface area contributed by atoms with Crippen molar-refractivity contribution in [3.8, 4) is 0 Å². The van der Waals surface area contributed by atoms with E-state index in [4.69, 9.17) is 11.5 Å². The van der Waals surface area contributed by atoms with Crippen LogP contribution in [0.4, 0.5) is 11.5 Å². The molecule has 1 aliphatic heterocycles. The van der Waals surface area contributed by atoms with Crippen LogP contribution in [0.3, 0.4) is 0 Å². The lowest BCUT2D eigenvalue weighted by molar-refractivity contribution is 0.461. The molecule has 0 radical (unpaired) electrons. The van der Waals surface area contributed by atoms with Crippen molar-refractivity contribution in [3.05, 3.63) is 47.9 Å². The van der Waals surface area contributed by atoms with Gasteiger partial charge < -0.3 is 16.0 Å². The van der Waals surface area contributed by atoms with Crippen LogP contribution in [0.25, 0.3) is 11.0 Å². The Morgan fingerprint density at radius 2 is 2.00 bits per heavy atom. The normalized spacial score (nSPS) is 21.6. The molecule has 2 aliphatic rings. The minimum atomic E-state index is 0.504. The Hall–Kier alpha value is -2.89. The Bertz CT molecular complexity index is 1050. The van der Waals surface area contributed by atoms with E-state index in [1.807, 2.05) is 6.07 Å². The van der Waals surface area contributed by atoms with Crippen molar-refractivity contribution in [2.75, 3.05) is 5.73 Å². The summed E-state index contributed by atoms with van der Waals surface area (Å²) in [5.74, 6) is 2.06. The smallest absolute Gasteiger partial charge is 0.145 e. The van der Waals surface area contributed by atoms with Crippen LogP contribution >= 0.6 is 0 Å². The Morgan fingerprint density at radius 3 is 2.93 bits per heavy atom. The van der Waals surface area contributed by atoms with E-state index >= 15 is 0 Å². The average molecular weight is 374 g/mol. The quantitative estimate of drug-likeness (QED) is 0.723. The first kappa shape index (κ1) is 17.2. The molecule has 144 valence electrons. The average Bonchev–Trinajstić information content (AvgIpc) is 3.33. The number of hydrogen-bond acceptors (Lipinski definition) is 5. The fourth-order valence-electron chi connectivity index (χ4n) is 4.77. The lowest BCUT2D eigenvalue weighted by Gasteiger charge is -2.16. The molecular formula is C22H26N6. The number of benzene rings is 1. The summed E-state index contributed by atoms with van der Waals surface area (Å²) in [5, 5.41) is 0.958. The van der Waals surface area contributed by atoms with Gasteiger partial charge in [-0.25, -0.2) is 15.0 Å². The van der Waals surface area contributed by atoms with E-state index in [0.29, 0.717) is 11.9 Å². The third-order valence-electron chi connectivity index (χ3n) is 6.35. The molecule has 3 heterocycles. The first-order valence-electron chi connectivity index (χ1n) is 10.2. The van der Waals surface area contributed by atoms with Gasteiger partial charge in [-0.2, -0.15) is 0 Å². The molecule has 28 heavy (non-hydrogen) atoms. The largest absolute Gasteiger partial charge is 0.387 e. The molecule has 3 aromatic rings. The van der Waals surface area contributed by atoms with Crippen LogP contribution in [-0.2, 0) is 12.8 Å². The van der Waals surface area contributed by atoms with Crippen molar-refractivity contribution in [1.29, 1.82) is 0 Å². The molecule has 0 amide bonds. The summed E-state index contributed by atoms with van der Waals surface area (Å²) in [6, 6.07) is 9.27. The van der Waals surface area contributed by atoms with Gasteiger partial charge in [-0.15, -0.1) is 0 Å². The minimum Gasteiger partial charge on any atom is -0.387 e. The number of aliphatic imine (C=N–C) groups is 1. The zero-order chi connectivity index (χ0) is 19.1. The fraction of sp³-hybridized carbons (Fsp3) is 0.409. The first-order chi connectivity index (χ1) is 13.7. The highest BCUT2D eigenvalue weighted by Gasteiger charge is 2.27. The third-order valence-corrected chi connectivity index (χ3v) is 6.35. The van der Waals surface area contributed by atoms with Gasteiger partial charge in [0, 0.05) is 18.7 Å². The zero-order valence-electron chi connectivity index (χ0n) is 16.0. The van der Waals surface area contributed by atoms with Crippen molar-refractivity contribution >= 4 is 28.4 Å². The molecule has 1 aliphatic carbocycles. The van der Waals surface area contributed by atoms with Gasteiger partial charge in [0.15, 0.2) is 0 Å². The van der Waals surface area contributed by atoms with Crippen molar-refractivity contribution in [1.82, 2.24) is 14.5 Å². The predicted octanol–water partition coefficient (Wildman–Crippen LogP) is 3.92. The number of anilines is 1. The summed E-state index contributed by atoms with van der Waals surface area (Å²) >= 11 is 0. The van der Waals surface area contributed by atoms with Gasteiger partial charge in [0.05, 0.1) is 16.9 Å². The van der Waals surface area contributed by atoms with Gasteiger partial charge in [-0.3, -0.25) is 0 Å². The molecule has 2 atom stereocenters. The van der Waals surface area contributed by atoms with Gasteiger partial charge in [-0.05, 0) is 67.7 Å². The summed E-state index contributed by atoms with van der Waals surface area (Å²) in [5.41, 5.74) is 16.6. The van der Waals surface area contributed by atoms with Crippen LogP contribution < -0.4 is 11.5 Å². The van der Waals surface area contributed by atoms with E-state index in [2.05, 4.69) is 43.9 Å². The topological polar surface area (TPSA) is 95.1 Å². The highest BCUT2D eigenvalue weighted by atomic mass is 15.1. The molecule has 0 spiro atoms. The third kappa shape index (κ3) is 3.13. The number of amidine groups is 1. The molecule has 5 rings (SSSR count). The van der Waals surface area contributed by atoms with Gasteiger partial charge in [-0.1, -0.05) is 12.1 Å². The second-order valence-electron chi connectivity index (χ2n) is 8.16. The van der Waals surface area contributed by atoms with E-state index in [-0.39, 0.29) is 0 Å². The number of aryl methyl sites for hydroxylation is 2. The number of nitrogens with zero attached hydrogens (tertiary/aromatic N) is 4. The van der Waals surface area contributed by atoms with Crippen LogP contribution in [0.5, 0.6) is 0 Å². The monoisotopic (exact) mass is 374 g/mol. The van der Waals surface area contributed by atoms with E-state index in [1.165, 1.54) is 36.8 Å². The summed E-state index contributed by atoms with van der Waals surface area (Å²) in [7, 11) is 0. The molecule has 1 saturated carbocycles. The molecule has 2 aromatic heterocycles. The van der Waals surface area contributed by atoms with Crippen LogP contribution in [0.15, 0.2) is 41.8 Å². The summed E-state index contributed by atoms with van der Waals surface area (Å²) < 4.78 is 2.30. The van der Waals surface area contributed by atoms with Crippen LogP contribution in [0.2, 0.25) is 0 Å². The number of fused-ring (bicyclic) bond motifs is 2. The van der Waals surface area contributed by atoms with Crippen molar-refractivity contribution < 1.29 is 0 Å². The van der Waals surface area contributed by atoms with E-state index < -0.39 is 0 Å². The van der Waals surface area contributed by atoms with Crippen molar-refractivity contribution in [3.63, 3.8) is 0 Å². The molecule has 6 nitrogen and oxygen atoms in total. The van der Waals surface area contributed by atoms with E-state index in [1.54, 1.807) is 6.33 Å². The maximum absolute atomic E-state index is 5.98. The SMILES string of the molecule is NC1=Nc2cc(CCC3CCC(n4ccc5c(N)ncnc54)C3)ccc2CC1. The molecular weight excluding hydrogens is 348 g/mol. The Balaban J connectivity index is 1.25. The van der Waals surface area contributed by atoms with Crippen LogP contribution in [0, 0.1) is 5.92 Å². The van der Waals surface area contributed by atoms with E-state index in [0.717, 1.165) is 47.7 Å². The highest BCUT2D eigenvalue weighted by Crippen LogP contribution is 2.39. The second kappa shape index (κ2) is 6.93. The van der Waals surface area contributed by atoms with Crippen LogP contribution in [-0.4, -0.2) is 20.4 Å². The fourth-order valence-corrected chi connectivity index (χ4v) is 4.77. The molecule has 4 N–H and O–H groups in total. The van der Waals surface area contributed by atoms with Gasteiger partial charge >= 0.3 is 0 Å². The summed E-state index contributed by atoms with van der Waals surface area (Å²) in [6.07, 6.45) is 11.5. The molecule has 2 unspecified atom stereocenters. The number of rotatable bonds is 4. The van der Waals surface area contributed by atoms with Gasteiger partial charge in [0.1, 0.15) is 17.8 Å². The Morgan fingerprint density at radius 1 is 1.07 bits per heavy atom. The highest BCUT2D eigenvalue weighted by molar-refractivity contribution is 5.86. The maximum atomic E-state index is 5.98. The molecule has 0 bridgehead atoms. The lowest BCUT2D eigenvalue weighted by Crippen LogP contribution is -2.15. The molecule has 1 fully saturated rings. The second-order valence-corrected chi connectivity index (χ2v) is 8.16. The zero-order valence-corrected chi connectivity index (χ0v) is 16.0. The van der Waals surface area contributed by atoms with Gasteiger partial charge in [0.2, 0.25) is 0 Å². The predicted molar refractivity (Wildman–Crippen MR) is 113 cm³/mol. The molecule has 0 saturated heterocycles. The standard InChI is InChI=1S/C22H26N6/c23-20-8-6-16-5-3-15(12-19(16)27-20)2-1-14-4-7-17(11-14)28-10-9-18-21(24)25-13-26-22(18)28/h3,5,9-10,12-14,17H,1-2,4,6-8,11H2,(H2,23,27)(H2,24,25,26). The number of nitrogens with two attached hydrogens (primary N) is 2. The maximum Gasteiger partial charge on any atom is 0.145 e. The number of aromatic nitrogens is 3. The Labute approximate surface area is 164 Å². The first-order valence-corrected chi connectivity index (χ1v) is 10.2. The van der Waals surface area contributed by atoms with Crippen molar-refractivity contribution in [2.24, 2.45) is 16.6 Å². The van der Waals surface area contributed by atoms with Gasteiger partial charge in [0.25, 0.3) is 0 Å².